The first-order chi connectivity index (χ1) is 17.0. The monoisotopic (exact) mass is 449 g/mol. The lowest BCUT2D eigenvalue weighted by Gasteiger charge is -2.31. The summed E-state index contributed by atoms with van der Waals surface area (Å²) in [5, 5.41) is 23.9. The van der Waals surface area contributed by atoms with Gasteiger partial charge in [0.1, 0.15) is 47.5 Å². The summed E-state index contributed by atoms with van der Waals surface area (Å²) in [5.74, 6) is -1.82. The van der Waals surface area contributed by atoms with Gasteiger partial charge in [0.05, 0.1) is 0 Å². The van der Waals surface area contributed by atoms with Crippen LogP contribution in [0.4, 0.5) is 8.78 Å². The summed E-state index contributed by atoms with van der Waals surface area (Å²) in [6.45, 7) is -0.865. The first-order valence-corrected chi connectivity index (χ1v) is 9.02. The second kappa shape index (κ2) is 9.92. The van der Waals surface area contributed by atoms with Crippen molar-refractivity contribution in [3.05, 3.63) is 59.2 Å². The number of hydrogen-bond donors (Lipinski definition) is 3. The third-order valence-corrected chi connectivity index (χ3v) is 4.50. The van der Waals surface area contributed by atoms with Gasteiger partial charge in [-0.25, -0.2) is 8.78 Å². The van der Waals surface area contributed by atoms with Gasteiger partial charge in [0.25, 0.3) is 0 Å². The van der Waals surface area contributed by atoms with E-state index in [2.05, 4.69) is 5.32 Å². The fraction of sp³-hybridized carbons (Fsp3) is 0.455. The normalized spacial score (nSPS) is 32.5. The van der Waals surface area contributed by atoms with E-state index in [0.717, 1.165) is 36.4 Å². The van der Waals surface area contributed by atoms with Crippen molar-refractivity contribution in [1.29, 1.82) is 0 Å². The summed E-state index contributed by atoms with van der Waals surface area (Å²) in [4.78, 5) is 0. The molecule has 2 aliphatic rings. The maximum absolute atomic E-state index is 13.6. The Morgan fingerprint density at radius 3 is 1.77 bits per heavy atom. The van der Waals surface area contributed by atoms with Crippen LogP contribution in [0.1, 0.15) is 34.8 Å². The molecule has 4 rings (SSSR count). The molecule has 164 valence electrons. The van der Waals surface area contributed by atoms with E-state index >= 15 is 0 Å². The summed E-state index contributed by atoms with van der Waals surface area (Å²) in [6.07, 6.45) is -17.8. The van der Waals surface area contributed by atoms with Crippen LogP contribution >= 0.6 is 12.4 Å². The molecule has 0 bridgehead atoms. The maximum Gasteiger partial charge on any atom is 0.126 e. The molecule has 2 aromatic rings. The lowest BCUT2D eigenvalue weighted by atomic mass is 9.98. The Hall–Kier alpha value is -1.93. The number of rotatable bonds is 6. The second-order valence-corrected chi connectivity index (χ2v) is 6.69. The summed E-state index contributed by atoms with van der Waals surface area (Å²) >= 11 is 0. The maximum atomic E-state index is 13.6. The third kappa shape index (κ3) is 5.21. The van der Waals surface area contributed by atoms with Crippen molar-refractivity contribution in [3.8, 4) is 11.5 Å². The van der Waals surface area contributed by atoms with Gasteiger partial charge in [-0.15, -0.1) is 12.4 Å². The van der Waals surface area contributed by atoms with Crippen molar-refractivity contribution in [2.45, 2.75) is 49.9 Å². The van der Waals surface area contributed by atoms with E-state index in [0.29, 0.717) is 0 Å². The highest BCUT2D eigenvalue weighted by molar-refractivity contribution is 5.85. The molecule has 2 aromatic carbocycles. The van der Waals surface area contributed by atoms with Crippen molar-refractivity contribution in [3.63, 3.8) is 0 Å². The van der Waals surface area contributed by atoms with Gasteiger partial charge in [-0.05, 0) is 73.0 Å². The van der Waals surface area contributed by atoms with Crippen LogP contribution in [0.3, 0.4) is 0 Å². The Kier molecular flexibility index (Phi) is 4.69. The number of halogens is 3. The standard InChI is InChI=1S/C22H25F2NO4.ClH/c23-15-3-7-19-13(9-15)1-5-21(28-19)17(26)11-25-12-18(27)22-6-2-14-10-16(24)4-8-20(14)29-22;/h3-4,7-10,17-18,21-22,25-27H,1-2,5-6,11-12H2;1H/i1D2,2D2,5D2,6D2;. The lowest BCUT2D eigenvalue weighted by Crippen LogP contribution is -2.46. The molecule has 2 heterocycles. The number of nitrogens with one attached hydrogen (secondary N) is 1. The molecule has 0 saturated carbocycles. The minimum Gasteiger partial charge on any atom is -0.487 e. The predicted octanol–water partition coefficient (Wildman–Crippen LogP) is 2.79. The van der Waals surface area contributed by atoms with Crippen molar-refractivity contribution >= 4 is 12.4 Å². The second-order valence-electron chi connectivity index (χ2n) is 6.69. The van der Waals surface area contributed by atoms with Crippen molar-refractivity contribution < 1.29 is 39.4 Å². The molecule has 30 heavy (non-hydrogen) atoms. The van der Waals surface area contributed by atoms with Crippen molar-refractivity contribution in [2.75, 3.05) is 13.1 Å². The number of benzene rings is 2. The average Bonchev–Trinajstić information content (AvgIpc) is 2.80. The first kappa shape index (κ1) is 14.2. The molecule has 3 N–H and O–H groups in total. The number of fused-ring (bicyclic) bond motifs is 2. The predicted molar refractivity (Wildman–Crippen MR) is 110 cm³/mol. The van der Waals surface area contributed by atoms with E-state index in [1.165, 1.54) is 0 Å². The first-order valence-electron chi connectivity index (χ1n) is 13.0. The fourth-order valence-electron chi connectivity index (χ4n) is 2.98. The summed E-state index contributed by atoms with van der Waals surface area (Å²) in [7, 11) is 0. The van der Waals surface area contributed by atoms with Crippen LogP contribution in [0.15, 0.2) is 36.4 Å². The van der Waals surface area contributed by atoms with Gasteiger partial charge in [-0.2, -0.15) is 0 Å². The van der Waals surface area contributed by atoms with E-state index < -0.39 is 74.6 Å². The molecule has 0 fully saturated rings. The highest BCUT2D eigenvalue weighted by Crippen LogP contribution is 2.30. The van der Waals surface area contributed by atoms with Gasteiger partial charge >= 0.3 is 0 Å². The largest absolute Gasteiger partial charge is 0.487 e. The minimum absolute atomic E-state index is 0. The number of ether oxygens (including phenoxy) is 2. The molecule has 0 radical (unpaired) electrons. The molecule has 0 spiro atoms. The third-order valence-electron chi connectivity index (χ3n) is 4.50. The molecule has 4 unspecified atom stereocenters. The minimum atomic E-state index is -2.79. The molecular formula is C22H26ClF2NO4. The summed E-state index contributed by atoms with van der Waals surface area (Å²) in [5.41, 5.74) is -0.675. The van der Waals surface area contributed by atoms with Crippen LogP contribution in [-0.4, -0.2) is 47.7 Å². The molecule has 0 aliphatic carbocycles. The Morgan fingerprint density at radius 1 is 0.900 bits per heavy atom. The van der Waals surface area contributed by atoms with Crippen molar-refractivity contribution in [2.24, 2.45) is 0 Å². The Balaban J connectivity index is 0.00000400. The smallest absolute Gasteiger partial charge is 0.126 e. The van der Waals surface area contributed by atoms with E-state index in [-0.39, 0.29) is 35.0 Å². The number of aryl methyl sites for hydroxylation is 2. The molecule has 0 saturated heterocycles. The number of aliphatic hydroxyl groups is 2. The Morgan fingerprint density at radius 2 is 1.33 bits per heavy atom. The molecule has 8 heteroatoms. The Labute approximate surface area is 191 Å². The van der Waals surface area contributed by atoms with Gasteiger partial charge in [0.15, 0.2) is 0 Å². The number of hydrogen-bond acceptors (Lipinski definition) is 5. The van der Waals surface area contributed by atoms with Gasteiger partial charge in [-0.1, -0.05) is 0 Å². The fourth-order valence-corrected chi connectivity index (χ4v) is 2.98. The zero-order chi connectivity index (χ0) is 27.6. The average molecular weight is 450 g/mol. The van der Waals surface area contributed by atoms with E-state index in [1.807, 2.05) is 0 Å². The zero-order valence-electron chi connectivity index (χ0n) is 23.6. The van der Waals surface area contributed by atoms with Crippen LogP contribution in [0.25, 0.3) is 0 Å². The van der Waals surface area contributed by atoms with Crippen LogP contribution in [0.2, 0.25) is 0 Å². The molecule has 0 amide bonds. The van der Waals surface area contributed by atoms with Crippen LogP contribution in [0, 0.1) is 11.6 Å². The SMILES string of the molecule is Cl.[2H]C1([2H])c2cc(F)ccc2OC(C(O)CNCC(O)C2Oc3ccc(F)cc3C([2H])([2H])C2([2H])[2H])C1([2H])[2H]. The quantitative estimate of drug-likeness (QED) is 0.632. The van der Waals surface area contributed by atoms with Gasteiger partial charge in [0, 0.05) is 24.1 Å². The van der Waals surface area contributed by atoms with Crippen LogP contribution in [-0.2, 0) is 12.7 Å². The Bertz CT molecular complexity index is 1100. The highest BCUT2D eigenvalue weighted by atomic mass is 35.5. The molecule has 0 aromatic heterocycles. The summed E-state index contributed by atoms with van der Waals surface area (Å²) < 4.78 is 104. The van der Waals surface area contributed by atoms with E-state index in [4.69, 9.17) is 20.4 Å². The number of aliphatic hydroxyl groups excluding tert-OH is 2. The molecular weight excluding hydrogens is 416 g/mol. The summed E-state index contributed by atoms with van der Waals surface area (Å²) in [6, 6.07) is 5.94. The van der Waals surface area contributed by atoms with E-state index in [9.17, 15) is 19.0 Å². The molecule has 2 aliphatic heterocycles. The van der Waals surface area contributed by atoms with Gasteiger partial charge < -0.3 is 25.0 Å². The van der Waals surface area contributed by atoms with Gasteiger partial charge in [0.2, 0.25) is 0 Å². The lowest BCUT2D eigenvalue weighted by molar-refractivity contribution is 0.00892. The van der Waals surface area contributed by atoms with Gasteiger partial charge in [-0.3, -0.25) is 0 Å². The van der Waals surface area contributed by atoms with Crippen LogP contribution < -0.4 is 14.8 Å². The highest BCUT2D eigenvalue weighted by Gasteiger charge is 2.29. The molecule has 5 nitrogen and oxygen atoms in total. The van der Waals surface area contributed by atoms with Crippen molar-refractivity contribution in [1.82, 2.24) is 5.32 Å². The van der Waals surface area contributed by atoms with Crippen LogP contribution in [0.5, 0.6) is 11.5 Å². The zero-order valence-corrected chi connectivity index (χ0v) is 16.4. The topological polar surface area (TPSA) is 71.0 Å². The molecule has 4 atom stereocenters. The van der Waals surface area contributed by atoms with E-state index in [1.54, 1.807) is 0 Å².